The minimum atomic E-state index is 0.256. The first-order chi connectivity index (χ1) is 8.55. The van der Waals surface area contributed by atoms with Crippen LogP contribution in [0.3, 0.4) is 0 Å². The summed E-state index contributed by atoms with van der Waals surface area (Å²) in [6.45, 7) is 8.56. The lowest BCUT2D eigenvalue weighted by atomic mass is 9.95. The van der Waals surface area contributed by atoms with Crippen molar-refractivity contribution in [3.05, 3.63) is 52.0 Å². The largest absolute Gasteiger partial charge is 0.308 e. The number of nitrogens with zero attached hydrogens (tertiary/aromatic N) is 1. The molecule has 0 fully saturated rings. The Morgan fingerprint density at radius 1 is 1.17 bits per heavy atom. The number of nitrogens with one attached hydrogen (secondary N) is 1. The van der Waals surface area contributed by atoms with Crippen LogP contribution in [0.1, 0.15) is 36.1 Å². The number of hydrogen-bond acceptors (Lipinski definition) is 3. The highest BCUT2D eigenvalue weighted by molar-refractivity contribution is 7.12. The van der Waals surface area contributed by atoms with E-state index in [9.17, 15) is 0 Å². The third-order valence-corrected chi connectivity index (χ3v) is 4.26. The number of hydrogen-bond donors (Lipinski definition) is 1. The number of thiophene rings is 1. The Bertz CT molecular complexity index is 483. The first-order valence-corrected chi connectivity index (χ1v) is 7.06. The fraction of sp³-hybridized carbons (Fsp3) is 0.400. The molecule has 0 aliphatic heterocycles. The number of aromatic nitrogens is 1. The lowest BCUT2D eigenvalue weighted by Crippen LogP contribution is -2.12. The summed E-state index contributed by atoms with van der Waals surface area (Å²) in [7, 11) is 0. The molecule has 3 heteroatoms. The third kappa shape index (κ3) is 3.65. The normalized spacial score (nSPS) is 11.7. The molecule has 0 saturated heterocycles. The van der Waals surface area contributed by atoms with Crippen LogP contribution in [0.25, 0.3) is 0 Å². The molecular formula is C15H20N2S. The van der Waals surface area contributed by atoms with Crippen molar-refractivity contribution in [2.45, 2.75) is 39.3 Å². The van der Waals surface area contributed by atoms with Gasteiger partial charge in [-0.2, -0.15) is 0 Å². The fourth-order valence-corrected chi connectivity index (χ4v) is 2.74. The van der Waals surface area contributed by atoms with Crippen LogP contribution in [0, 0.1) is 0 Å². The molecule has 0 aromatic carbocycles. The van der Waals surface area contributed by atoms with Crippen LogP contribution in [0.15, 0.2) is 36.7 Å². The molecule has 0 spiro atoms. The predicted octanol–water partition coefficient (Wildman–Crippen LogP) is 3.73. The lowest BCUT2D eigenvalue weighted by Gasteiger charge is -2.15. The van der Waals surface area contributed by atoms with Crippen LogP contribution in [-0.4, -0.2) is 4.98 Å². The maximum Gasteiger partial charge on any atom is 0.0312 e. The summed E-state index contributed by atoms with van der Waals surface area (Å²) in [5.74, 6) is 0. The number of pyridine rings is 1. The Morgan fingerprint density at radius 3 is 2.61 bits per heavy atom. The van der Waals surface area contributed by atoms with Gasteiger partial charge in [0.25, 0.3) is 0 Å². The van der Waals surface area contributed by atoms with Gasteiger partial charge in [-0.25, -0.2) is 0 Å². The van der Waals surface area contributed by atoms with Crippen molar-refractivity contribution in [3.63, 3.8) is 0 Å². The van der Waals surface area contributed by atoms with Crippen LogP contribution >= 0.6 is 11.3 Å². The van der Waals surface area contributed by atoms with E-state index in [-0.39, 0.29) is 5.41 Å². The highest BCUT2D eigenvalue weighted by Gasteiger charge is 2.15. The molecule has 96 valence electrons. The summed E-state index contributed by atoms with van der Waals surface area (Å²) in [4.78, 5) is 6.95. The molecule has 2 nitrogen and oxygen atoms in total. The van der Waals surface area contributed by atoms with Gasteiger partial charge in [0.15, 0.2) is 0 Å². The first-order valence-electron chi connectivity index (χ1n) is 6.24. The average molecular weight is 260 g/mol. The molecule has 2 aromatic rings. The molecule has 0 atom stereocenters. The van der Waals surface area contributed by atoms with Gasteiger partial charge in [-0.1, -0.05) is 26.8 Å². The van der Waals surface area contributed by atoms with Crippen molar-refractivity contribution in [3.8, 4) is 0 Å². The first kappa shape index (κ1) is 13.2. The monoisotopic (exact) mass is 260 g/mol. The van der Waals surface area contributed by atoms with Gasteiger partial charge >= 0.3 is 0 Å². The van der Waals surface area contributed by atoms with Crippen molar-refractivity contribution >= 4 is 11.3 Å². The van der Waals surface area contributed by atoms with Crippen LogP contribution < -0.4 is 5.32 Å². The van der Waals surface area contributed by atoms with Gasteiger partial charge < -0.3 is 5.32 Å². The average Bonchev–Trinajstić information content (AvgIpc) is 2.79. The van der Waals surface area contributed by atoms with Crippen molar-refractivity contribution in [2.75, 3.05) is 0 Å². The molecule has 1 N–H and O–H groups in total. The second-order valence-electron chi connectivity index (χ2n) is 5.48. The Hall–Kier alpha value is -1.19. The molecular weight excluding hydrogens is 240 g/mol. The van der Waals surface area contributed by atoms with Gasteiger partial charge in [0, 0.05) is 35.2 Å². The number of rotatable bonds is 4. The molecule has 2 aromatic heterocycles. The zero-order valence-electron chi connectivity index (χ0n) is 11.2. The summed E-state index contributed by atoms with van der Waals surface area (Å²) in [5, 5.41) is 3.45. The van der Waals surface area contributed by atoms with Gasteiger partial charge in [0.1, 0.15) is 0 Å². The van der Waals surface area contributed by atoms with Crippen molar-refractivity contribution in [1.29, 1.82) is 0 Å². The van der Waals surface area contributed by atoms with E-state index >= 15 is 0 Å². The quantitative estimate of drug-likeness (QED) is 0.906. The summed E-state index contributed by atoms with van der Waals surface area (Å²) in [6.07, 6.45) is 3.71. The van der Waals surface area contributed by atoms with E-state index in [1.165, 1.54) is 15.3 Å². The minimum Gasteiger partial charge on any atom is -0.308 e. The minimum absolute atomic E-state index is 0.256. The molecule has 0 saturated carbocycles. The van der Waals surface area contributed by atoms with E-state index in [1.54, 1.807) is 6.20 Å². The Kier molecular flexibility index (Phi) is 4.15. The molecule has 18 heavy (non-hydrogen) atoms. The van der Waals surface area contributed by atoms with Crippen molar-refractivity contribution in [2.24, 2.45) is 0 Å². The molecule has 0 aliphatic carbocycles. The Labute approximate surface area is 113 Å². The van der Waals surface area contributed by atoms with E-state index in [0.717, 1.165) is 13.1 Å². The van der Waals surface area contributed by atoms with E-state index in [2.05, 4.69) is 49.3 Å². The van der Waals surface area contributed by atoms with Gasteiger partial charge in [0.05, 0.1) is 0 Å². The highest BCUT2D eigenvalue weighted by atomic mass is 32.1. The highest BCUT2D eigenvalue weighted by Crippen LogP contribution is 2.29. The van der Waals surface area contributed by atoms with Crippen LogP contribution in [-0.2, 0) is 18.5 Å². The summed E-state index contributed by atoms with van der Waals surface area (Å²) < 4.78 is 0. The summed E-state index contributed by atoms with van der Waals surface area (Å²) in [5.41, 5.74) is 1.48. The van der Waals surface area contributed by atoms with Gasteiger partial charge in [-0.05, 0) is 29.2 Å². The Morgan fingerprint density at radius 2 is 2.00 bits per heavy atom. The van der Waals surface area contributed by atoms with Crippen LogP contribution in [0.5, 0.6) is 0 Å². The molecule has 2 heterocycles. The van der Waals surface area contributed by atoms with Crippen molar-refractivity contribution in [1.82, 2.24) is 10.3 Å². The second kappa shape index (κ2) is 5.63. The van der Waals surface area contributed by atoms with Crippen LogP contribution in [0.4, 0.5) is 0 Å². The van der Waals surface area contributed by atoms with E-state index in [0.29, 0.717) is 0 Å². The van der Waals surface area contributed by atoms with Gasteiger partial charge in [-0.15, -0.1) is 11.3 Å². The topological polar surface area (TPSA) is 24.9 Å². The molecule has 0 unspecified atom stereocenters. The van der Waals surface area contributed by atoms with Crippen LogP contribution in [0.2, 0.25) is 0 Å². The third-order valence-electron chi connectivity index (χ3n) is 2.75. The molecule has 0 radical (unpaired) electrons. The summed E-state index contributed by atoms with van der Waals surface area (Å²) >= 11 is 1.90. The zero-order chi connectivity index (χ0) is 13.0. The maximum atomic E-state index is 4.11. The fourth-order valence-electron chi connectivity index (χ4n) is 1.71. The second-order valence-corrected chi connectivity index (χ2v) is 6.65. The predicted molar refractivity (Wildman–Crippen MR) is 77.8 cm³/mol. The molecule has 0 aliphatic rings. The lowest BCUT2D eigenvalue weighted by molar-refractivity contribution is 0.604. The summed E-state index contributed by atoms with van der Waals surface area (Å²) in [6, 6.07) is 8.53. The standard InChI is InChI=1S/C15H20N2S/c1-15(2,3)14-7-6-13(18-14)11-17-10-12-5-4-8-16-9-12/h4-9,17H,10-11H2,1-3H3. The molecule has 2 rings (SSSR count). The smallest absolute Gasteiger partial charge is 0.0312 e. The molecule has 0 amide bonds. The molecule has 0 bridgehead atoms. The van der Waals surface area contributed by atoms with E-state index < -0.39 is 0 Å². The van der Waals surface area contributed by atoms with Gasteiger partial charge in [-0.3, -0.25) is 4.98 Å². The zero-order valence-corrected chi connectivity index (χ0v) is 12.1. The Balaban J connectivity index is 1.86. The SMILES string of the molecule is CC(C)(C)c1ccc(CNCc2cccnc2)s1. The van der Waals surface area contributed by atoms with E-state index in [4.69, 9.17) is 0 Å². The van der Waals surface area contributed by atoms with Crippen molar-refractivity contribution < 1.29 is 0 Å². The van der Waals surface area contributed by atoms with E-state index in [1.807, 2.05) is 23.6 Å². The maximum absolute atomic E-state index is 4.11. The van der Waals surface area contributed by atoms with Gasteiger partial charge in [0.2, 0.25) is 0 Å².